The quantitative estimate of drug-likeness (QED) is 0.559. The zero-order valence-corrected chi connectivity index (χ0v) is 9.67. The van der Waals surface area contributed by atoms with Gasteiger partial charge in [0.2, 0.25) is 0 Å². The largest absolute Gasteiger partial charge is 0.380 e. The van der Waals surface area contributed by atoms with Gasteiger partial charge in [-0.05, 0) is 32.1 Å². The number of unbranched alkanes of at least 4 members (excludes halogenated alkanes) is 1. The average Bonchev–Trinajstić information content (AvgIpc) is 2.22. The Morgan fingerprint density at radius 1 is 1.00 bits per heavy atom. The lowest BCUT2D eigenvalue weighted by atomic mass is 10.1. The second kappa shape index (κ2) is 9.44. The first-order valence-electron chi connectivity index (χ1n) is 5.79. The maximum absolute atomic E-state index is 5.80. The molecule has 0 heterocycles. The van der Waals surface area contributed by atoms with Crippen LogP contribution in [0.1, 0.15) is 46.0 Å². The van der Waals surface area contributed by atoms with Gasteiger partial charge in [-0.3, -0.25) is 0 Å². The number of ether oxygens (including phenoxy) is 1. The van der Waals surface area contributed by atoms with E-state index in [2.05, 4.69) is 13.8 Å². The molecule has 0 aromatic carbocycles. The van der Waals surface area contributed by atoms with Gasteiger partial charge in [-0.2, -0.15) is 0 Å². The summed E-state index contributed by atoms with van der Waals surface area (Å²) in [6.07, 6.45) is 5.43. The van der Waals surface area contributed by atoms with Crippen LogP contribution in [0.15, 0.2) is 0 Å². The van der Waals surface area contributed by atoms with Crippen molar-refractivity contribution in [2.75, 3.05) is 13.2 Å². The molecule has 14 heavy (non-hydrogen) atoms. The number of hydrogen-bond acceptors (Lipinski definition) is 3. The first-order valence-corrected chi connectivity index (χ1v) is 5.79. The zero-order valence-electron chi connectivity index (χ0n) is 9.67. The molecular weight excluding hydrogens is 176 g/mol. The Kier molecular flexibility index (Phi) is 9.35. The smallest absolute Gasteiger partial charge is 0.0617 e. The topological polar surface area (TPSA) is 61.3 Å². The second-order valence-electron chi connectivity index (χ2n) is 3.91. The molecule has 3 nitrogen and oxygen atoms in total. The van der Waals surface area contributed by atoms with E-state index in [1.165, 1.54) is 0 Å². The molecule has 0 aromatic rings. The highest BCUT2D eigenvalue weighted by Gasteiger charge is 2.00. The molecule has 0 saturated heterocycles. The van der Waals surface area contributed by atoms with Gasteiger partial charge >= 0.3 is 0 Å². The highest BCUT2D eigenvalue weighted by atomic mass is 16.5. The van der Waals surface area contributed by atoms with E-state index < -0.39 is 0 Å². The minimum absolute atomic E-state index is 0.202. The van der Waals surface area contributed by atoms with E-state index in [1.807, 2.05) is 0 Å². The van der Waals surface area contributed by atoms with Crippen molar-refractivity contribution in [2.24, 2.45) is 11.5 Å². The molecule has 4 N–H and O–H groups in total. The van der Waals surface area contributed by atoms with Crippen LogP contribution in [0.5, 0.6) is 0 Å². The molecule has 0 rings (SSSR count). The van der Waals surface area contributed by atoms with E-state index >= 15 is 0 Å². The first kappa shape index (κ1) is 13.9. The van der Waals surface area contributed by atoms with Crippen LogP contribution in [0.3, 0.4) is 0 Å². The summed E-state index contributed by atoms with van der Waals surface area (Å²) in [5.41, 5.74) is 11.5. The van der Waals surface area contributed by atoms with Crippen molar-refractivity contribution < 1.29 is 4.74 Å². The number of rotatable bonds is 9. The Hall–Kier alpha value is -0.120. The van der Waals surface area contributed by atoms with Crippen LogP contribution < -0.4 is 11.5 Å². The van der Waals surface area contributed by atoms with E-state index in [4.69, 9.17) is 16.2 Å². The van der Waals surface area contributed by atoms with Crippen LogP contribution in [0.4, 0.5) is 0 Å². The third-order valence-electron chi connectivity index (χ3n) is 2.49. The summed E-state index contributed by atoms with van der Waals surface area (Å²) in [5, 5.41) is 0. The summed E-state index contributed by atoms with van der Waals surface area (Å²) in [5.74, 6) is 0. The van der Waals surface area contributed by atoms with E-state index in [9.17, 15) is 0 Å². The Labute approximate surface area is 88.2 Å². The van der Waals surface area contributed by atoms with Crippen LogP contribution in [0, 0.1) is 0 Å². The average molecular weight is 202 g/mol. The number of nitrogens with two attached hydrogens (primary N) is 2. The first-order chi connectivity index (χ1) is 6.70. The van der Waals surface area contributed by atoms with Gasteiger partial charge in [-0.25, -0.2) is 0 Å². The van der Waals surface area contributed by atoms with Crippen LogP contribution in [-0.2, 0) is 4.74 Å². The summed E-state index contributed by atoms with van der Waals surface area (Å²) in [6, 6.07) is 0.570. The summed E-state index contributed by atoms with van der Waals surface area (Å²) < 4.78 is 5.44. The molecule has 0 aliphatic rings. The molecule has 0 radical (unpaired) electrons. The molecule has 0 fully saturated rings. The van der Waals surface area contributed by atoms with Crippen molar-refractivity contribution in [3.8, 4) is 0 Å². The van der Waals surface area contributed by atoms with Gasteiger partial charge in [0, 0.05) is 18.7 Å². The highest BCUT2D eigenvalue weighted by molar-refractivity contribution is 4.58. The lowest BCUT2D eigenvalue weighted by molar-refractivity contribution is 0.116. The van der Waals surface area contributed by atoms with E-state index in [-0.39, 0.29) is 6.04 Å². The molecule has 0 bridgehead atoms. The molecule has 0 aliphatic heterocycles. The van der Waals surface area contributed by atoms with Crippen molar-refractivity contribution in [1.29, 1.82) is 0 Å². The maximum atomic E-state index is 5.80. The predicted molar refractivity (Wildman–Crippen MR) is 61.2 cm³/mol. The van der Waals surface area contributed by atoms with Gasteiger partial charge < -0.3 is 16.2 Å². The molecular formula is C11H26N2O. The highest BCUT2D eigenvalue weighted by Crippen LogP contribution is 2.02. The maximum Gasteiger partial charge on any atom is 0.0617 e. The third kappa shape index (κ3) is 8.48. The summed E-state index contributed by atoms with van der Waals surface area (Å²) in [4.78, 5) is 0. The second-order valence-corrected chi connectivity index (χ2v) is 3.91. The molecule has 2 atom stereocenters. The lowest BCUT2D eigenvalue weighted by Crippen LogP contribution is -2.25. The predicted octanol–water partition coefficient (Wildman–Crippen LogP) is 1.65. The van der Waals surface area contributed by atoms with Crippen molar-refractivity contribution >= 4 is 0 Å². The zero-order chi connectivity index (χ0) is 10.8. The molecule has 3 heteroatoms. The Bertz CT molecular complexity index is 106. The van der Waals surface area contributed by atoms with Gasteiger partial charge in [0.05, 0.1) is 6.61 Å². The fourth-order valence-electron chi connectivity index (χ4n) is 1.17. The monoisotopic (exact) mass is 202 g/mol. The Balaban J connectivity index is 3.06. The summed E-state index contributed by atoms with van der Waals surface area (Å²) in [6.45, 7) is 5.72. The van der Waals surface area contributed by atoms with E-state index in [0.717, 1.165) is 38.7 Å². The van der Waals surface area contributed by atoms with Crippen molar-refractivity contribution in [3.63, 3.8) is 0 Å². The van der Waals surface area contributed by atoms with Gasteiger partial charge in [0.25, 0.3) is 0 Å². The Morgan fingerprint density at radius 2 is 1.64 bits per heavy atom. The standard InChI is InChI=1S/C11H26N2O/c1-3-10(12)7-5-6-8-14-9-11(13)4-2/h10-11H,3-9,12-13H2,1-2H3. The molecule has 0 saturated carbocycles. The molecule has 86 valence electrons. The molecule has 0 aromatic heterocycles. The van der Waals surface area contributed by atoms with E-state index in [0.29, 0.717) is 12.6 Å². The van der Waals surface area contributed by atoms with Gasteiger partial charge in [-0.1, -0.05) is 13.8 Å². The van der Waals surface area contributed by atoms with Crippen molar-refractivity contribution in [3.05, 3.63) is 0 Å². The summed E-state index contributed by atoms with van der Waals surface area (Å²) >= 11 is 0. The van der Waals surface area contributed by atoms with Gasteiger partial charge in [0.15, 0.2) is 0 Å². The van der Waals surface area contributed by atoms with Crippen LogP contribution in [0.2, 0.25) is 0 Å². The van der Waals surface area contributed by atoms with Crippen LogP contribution in [-0.4, -0.2) is 25.3 Å². The normalized spacial score (nSPS) is 15.4. The molecule has 0 aliphatic carbocycles. The molecule has 0 amide bonds. The van der Waals surface area contributed by atoms with Gasteiger partial charge in [0.1, 0.15) is 0 Å². The molecule has 2 unspecified atom stereocenters. The van der Waals surface area contributed by atoms with Crippen LogP contribution in [0.25, 0.3) is 0 Å². The summed E-state index contributed by atoms with van der Waals surface area (Å²) in [7, 11) is 0. The SMILES string of the molecule is CCC(N)CCCCOCC(N)CC. The van der Waals surface area contributed by atoms with E-state index in [1.54, 1.807) is 0 Å². The van der Waals surface area contributed by atoms with Crippen molar-refractivity contribution in [2.45, 2.75) is 58.0 Å². The minimum Gasteiger partial charge on any atom is -0.380 e. The third-order valence-corrected chi connectivity index (χ3v) is 2.49. The fraction of sp³-hybridized carbons (Fsp3) is 1.00. The Morgan fingerprint density at radius 3 is 2.21 bits per heavy atom. The van der Waals surface area contributed by atoms with Gasteiger partial charge in [-0.15, -0.1) is 0 Å². The lowest BCUT2D eigenvalue weighted by Gasteiger charge is -2.10. The van der Waals surface area contributed by atoms with Crippen molar-refractivity contribution in [1.82, 2.24) is 0 Å². The molecule has 0 spiro atoms. The fourth-order valence-corrected chi connectivity index (χ4v) is 1.17. The van der Waals surface area contributed by atoms with Crippen LogP contribution >= 0.6 is 0 Å². The number of hydrogen-bond donors (Lipinski definition) is 2. The minimum atomic E-state index is 0.202.